The molecule has 1 heterocycles. The topological polar surface area (TPSA) is 49.5 Å². The van der Waals surface area contributed by atoms with Gasteiger partial charge in [-0.25, -0.2) is 5.01 Å². The van der Waals surface area contributed by atoms with Crippen LogP contribution in [-0.2, 0) is 0 Å². The Morgan fingerprint density at radius 1 is 1.71 bits per heavy atom. The first-order valence-corrected chi connectivity index (χ1v) is 2.47. The van der Waals surface area contributed by atoms with Gasteiger partial charge in [-0.2, -0.15) is 0 Å². The van der Waals surface area contributed by atoms with E-state index >= 15 is 0 Å². The molecule has 0 aliphatic carbocycles. The van der Waals surface area contributed by atoms with E-state index in [4.69, 9.17) is 10.9 Å². The van der Waals surface area contributed by atoms with Crippen molar-refractivity contribution in [3.63, 3.8) is 0 Å². The Hall–Kier alpha value is -0.120. The molecule has 0 amide bonds. The van der Waals surface area contributed by atoms with Crippen LogP contribution in [0.3, 0.4) is 0 Å². The normalized spacial score (nSPS) is 34.3. The third-order valence-corrected chi connectivity index (χ3v) is 1.19. The molecule has 0 spiro atoms. The molecule has 1 fully saturated rings. The summed E-state index contributed by atoms with van der Waals surface area (Å²) in [4.78, 5) is 0. The largest absolute Gasteiger partial charge is 0.392 e. The highest BCUT2D eigenvalue weighted by molar-refractivity contribution is 4.68. The van der Waals surface area contributed by atoms with Gasteiger partial charge in [0, 0.05) is 13.1 Å². The third-order valence-electron chi connectivity index (χ3n) is 1.19. The molecule has 1 aliphatic rings. The predicted molar refractivity (Wildman–Crippen MR) is 26.4 cm³/mol. The fourth-order valence-corrected chi connectivity index (χ4v) is 0.768. The van der Waals surface area contributed by atoms with Gasteiger partial charge in [0.2, 0.25) is 0 Å². The molecule has 0 aromatic rings. The highest BCUT2D eigenvalue weighted by Gasteiger charge is 2.15. The van der Waals surface area contributed by atoms with Crippen LogP contribution in [0.25, 0.3) is 0 Å². The maximum absolute atomic E-state index is 8.78. The number of aliphatic hydroxyl groups excluding tert-OH is 1. The molecule has 0 aromatic heterocycles. The molecule has 0 radical (unpaired) electrons. The lowest BCUT2D eigenvalue weighted by molar-refractivity contribution is 0.177. The summed E-state index contributed by atoms with van der Waals surface area (Å²) in [6.45, 7) is 1.47. The molecule has 1 saturated heterocycles. The van der Waals surface area contributed by atoms with Crippen molar-refractivity contribution in [3.8, 4) is 0 Å². The van der Waals surface area contributed by atoms with E-state index in [0.717, 1.165) is 13.0 Å². The minimum atomic E-state index is -0.176. The van der Waals surface area contributed by atoms with Crippen molar-refractivity contribution in [2.45, 2.75) is 12.5 Å². The summed E-state index contributed by atoms with van der Waals surface area (Å²) in [5.41, 5.74) is 0. The van der Waals surface area contributed by atoms with Gasteiger partial charge in [0.25, 0.3) is 0 Å². The first-order valence-electron chi connectivity index (χ1n) is 2.47. The Morgan fingerprint density at radius 3 is 2.57 bits per heavy atom. The summed E-state index contributed by atoms with van der Waals surface area (Å²) >= 11 is 0. The monoisotopic (exact) mass is 102 g/mol. The van der Waals surface area contributed by atoms with Crippen LogP contribution in [0.15, 0.2) is 0 Å². The average molecular weight is 102 g/mol. The van der Waals surface area contributed by atoms with Gasteiger partial charge >= 0.3 is 0 Å². The Balaban J connectivity index is 2.26. The molecule has 3 nitrogen and oxygen atoms in total. The average Bonchev–Trinajstić information content (AvgIpc) is 1.87. The van der Waals surface area contributed by atoms with Gasteiger partial charge in [-0.05, 0) is 6.42 Å². The number of nitrogens with zero attached hydrogens (tertiary/aromatic N) is 1. The maximum Gasteiger partial charge on any atom is 0.0693 e. The molecule has 0 aromatic carbocycles. The Labute approximate surface area is 42.7 Å². The zero-order valence-electron chi connectivity index (χ0n) is 4.17. The molecule has 1 atom stereocenters. The lowest BCUT2D eigenvalue weighted by Gasteiger charge is -2.02. The number of nitrogens with two attached hydrogens (primary N) is 1. The first-order chi connectivity index (χ1) is 3.29. The van der Waals surface area contributed by atoms with Gasteiger partial charge in [-0.1, -0.05) is 0 Å². The number of β-amino-alcohol motifs (C(OH)–C–C–N with tert-alkyl or cyclic N) is 1. The number of rotatable bonds is 0. The van der Waals surface area contributed by atoms with E-state index < -0.39 is 0 Å². The molecular formula is C4H10N2O. The van der Waals surface area contributed by atoms with E-state index in [1.54, 1.807) is 5.01 Å². The molecule has 0 unspecified atom stereocenters. The summed E-state index contributed by atoms with van der Waals surface area (Å²) in [6.07, 6.45) is 0.654. The summed E-state index contributed by atoms with van der Waals surface area (Å²) in [7, 11) is 0. The Morgan fingerprint density at radius 2 is 2.43 bits per heavy atom. The minimum absolute atomic E-state index is 0.176. The summed E-state index contributed by atoms with van der Waals surface area (Å²) in [5, 5.41) is 10.4. The van der Waals surface area contributed by atoms with Crippen LogP contribution in [0, 0.1) is 0 Å². The fraction of sp³-hybridized carbons (Fsp3) is 1.00. The van der Waals surface area contributed by atoms with E-state index in [2.05, 4.69) is 0 Å². The van der Waals surface area contributed by atoms with Gasteiger partial charge in [-0.3, -0.25) is 5.84 Å². The minimum Gasteiger partial charge on any atom is -0.392 e. The quantitative estimate of drug-likeness (QED) is 0.383. The van der Waals surface area contributed by atoms with Crippen LogP contribution in [0.5, 0.6) is 0 Å². The van der Waals surface area contributed by atoms with E-state index in [1.807, 2.05) is 0 Å². The van der Waals surface area contributed by atoms with Crippen LogP contribution in [0.4, 0.5) is 0 Å². The van der Waals surface area contributed by atoms with Crippen LogP contribution < -0.4 is 5.84 Å². The third kappa shape index (κ3) is 1.12. The van der Waals surface area contributed by atoms with Crippen molar-refractivity contribution >= 4 is 0 Å². The molecule has 42 valence electrons. The second-order valence-corrected chi connectivity index (χ2v) is 1.94. The van der Waals surface area contributed by atoms with Crippen LogP contribution in [0.2, 0.25) is 0 Å². The fourth-order valence-electron chi connectivity index (χ4n) is 0.768. The van der Waals surface area contributed by atoms with Gasteiger partial charge in [0.15, 0.2) is 0 Å². The molecule has 7 heavy (non-hydrogen) atoms. The predicted octanol–water partition coefficient (Wildman–Crippen LogP) is -1.07. The highest BCUT2D eigenvalue weighted by Crippen LogP contribution is 2.01. The molecule has 1 aliphatic heterocycles. The smallest absolute Gasteiger partial charge is 0.0693 e. The number of hydrogen-bond donors (Lipinski definition) is 2. The summed E-state index contributed by atoms with van der Waals surface area (Å²) in [6, 6.07) is 0. The van der Waals surface area contributed by atoms with Crippen molar-refractivity contribution in [1.82, 2.24) is 5.01 Å². The second-order valence-electron chi connectivity index (χ2n) is 1.94. The van der Waals surface area contributed by atoms with Gasteiger partial charge in [0.1, 0.15) is 0 Å². The lowest BCUT2D eigenvalue weighted by Crippen LogP contribution is -2.28. The van der Waals surface area contributed by atoms with Crippen molar-refractivity contribution in [2.75, 3.05) is 13.1 Å². The van der Waals surface area contributed by atoms with Crippen molar-refractivity contribution in [1.29, 1.82) is 0 Å². The summed E-state index contributed by atoms with van der Waals surface area (Å²) in [5.74, 6) is 5.30. The van der Waals surface area contributed by atoms with Crippen LogP contribution >= 0.6 is 0 Å². The molecule has 3 N–H and O–H groups in total. The molecular weight excluding hydrogens is 92.1 g/mol. The van der Waals surface area contributed by atoms with Crippen LogP contribution in [-0.4, -0.2) is 29.3 Å². The van der Waals surface area contributed by atoms with Gasteiger partial charge < -0.3 is 5.11 Å². The second kappa shape index (κ2) is 1.78. The first kappa shape index (κ1) is 5.03. The number of aliphatic hydroxyl groups is 1. The molecule has 0 saturated carbocycles. The number of hydrogen-bond acceptors (Lipinski definition) is 3. The van der Waals surface area contributed by atoms with Crippen molar-refractivity contribution in [2.24, 2.45) is 5.84 Å². The number of hydrazine groups is 1. The van der Waals surface area contributed by atoms with E-state index in [0.29, 0.717) is 6.54 Å². The van der Waals surface area contributed by atoms with Crippen LogP contribution in [0.1, 0.15) is 6.42 Å². The molecule has 1 rings (SSSR count). The summed E-state index contributed by atoms with van der Waals surface area (Å²) < 4.78 is 0. The van der Waals surface area contributed by atoms with E-state index in [-0.39, 0.29) is 6.10 Å². The highest BCUT2D eigenvalue weighted by atomic mass is 16.3. The zero-order chi connectivity index (χ0) is 5.28. The standard InChI is InChI=1S/C4H10N2O/c5-6-2-1-4(7)3-6/h4,7H,1-3,5H2/t4-/m1/s1. The molecule has 3 heteroatoms. The van der Waals surface area contributed by atoms with Gasteiger partial charge in [-0.15, -0.1) is 0 Å². The van der Waals surface area contributed by atoms with E-state index in [9.17, 15) is 0 Å². The molecule has 0 bridgehead atoms. The maximum atomic E-state index is 8.78. The van der Waals surface area contributed by atoms with Gasteiger partial charge in [0.05, 0.1) is 6.10 Å². The zero-order valence-corrected chi connectivity index (χ0v) is 4.17. The van der Waals surface area contributed by atoms with Crippen molar-refractivity contribution < 1.29 is 5.11 Å². The Kier molecular flexibility index (Phi) is 1.27. The van der Waals surface area contributed by atoms with Crippen molar-refractivity contribution in [3.05, 3.63) is 0 Å². The lowest BCUT2D eigenvalue weighted by atomic mass is 10.3. The SMILES string of the molecule is NN1CC[C@@H](O)C1. The van der Waals surface area contributed by atoms with E-state index in [1.165, 1.54) is 0 Å². The Bertz CT molecular complexity index is 58.7.